The first kappa shape index (κ1) is 23.1. The van der Waals surface area contributed by atoms with Crippen LogP contribution in [-0.2, 0) is 9.22 Å². The molecule has 0 bridgehead atoms. The van der Waals surface area contributed by atoms with Crippen molar-refractivity contribution in [3.05, 3.63) is 72.3 Å². The summed E-state index contributed by atoms with van der Waals surface area (Å²) < 4.78 is 6.88. The smallest absolute Gasteiger partial charge is 0.328 e. The molecular formula is C25H34O3Si. The Balaban J connectivity index is 2.27. The third-order valence-corrected chi connectivity index (χ3v) is 10.7. The fourth-order valence-electron chi connectivity index (χ4n) is 3.94. The molecule has 0 fully saturated rings. The third-order valence-electron chi connectivity index (χ3n) is 5.65. The van der Waals surface area contributed by atoms with E-state index in [1.165, 1.54) is 16.4 Å². The van der Waals surface area contributed by atoms with Gasteiger partial charge in [-0.05, 0) is 41.1 Å². The molecule has 0 spiro atoms. The molecular weight excluding hydrogens is 376 g/mol. The van der Waals surface area contributed by atoms with Gasteiger partial charge in [-0.2, -0.15) is 0 Å². The fraction of sp³-hybridized carbons (Fsp3) is 0.400. The minimum Gasteiger partial charge on any atom is -0.478 e. The van der Waals surface area contributed by atoms with Crippen LogP contribution in [0.1, 0.15) is 47.5 Å². The highest BCUT2D eigenvalue weighted by Crippen LogP contribution is 2.37. The van der Waals surface area contributed by atoms with Crippen molar-refractivity contribution in [1.29, 1.82) is 0 Å². The lowest BCUT2D eigenvalue weighted by atomic mass is 9.97. The lowest BCUT2D eigenvalue weighted by molar-refractivity contribution is -0.131. The summed E-state index contributed by atoms with van der Waals surface area (Å²) in [4.78, 5) is 10.9. The van der Waals surface area contributed by atoms with Crippen LogP contribution in [0.2, 0.25) is 5.04 Å². The first-order valence-electron chi connectivity index (χ1n) is 10.3. The normalized spacial score (nSPS) is 13.9. The maximum atomic E-state index is 10.9. The molecule has 0 saturated heterocycles. The quantitative estimate of drug-likeness (QED) is 0.359. The van der Waals surface area contributed by atoms with Gasteiger partial charge in [0.2, 0.25) is 0 Å². The molecule has 0 unspecified atom stereocenters. The molecule has 2 aromatic carbocycles. The average molecular weight is 411 g/mol. The van der Waals surface area contributed by atoms with Gasteiger partial charge in [-0.1, -0.05) is 93.9 Å². The van der Waals surface area contributed by atoms with E-state index in [9.17, 15) is 4.79 Å². The van der Waals surface area contributed by atoms with E-state index in [1.54, 1.807) is 0 Å². The number of hydrogen-bond donors (Lipinski definition) is 1. The number of carbonyl (C=O) groups is 1. The molecule has 0 aromatic heterocycles. The summed E-state index contributed by atoms with van der Waals surface area (Å²) in [7, 11) is -2.48. The molecule has 0 radical (unpaired) electrons. The predicted octanol–water partition coefficient (Wildman–Crippen LogP) is 5.01. The van der Waals surface area contributed by atoms with Crippen LogP contribution >= 0.6 is 0 Å². The first-order valence-corrected chi connectivity index (χ1v) is 12.3. The summed E-state index contributed by atoms with van der Waals surface area (Å²) in [5.74, 6) is -0.647. The fourth-order valence-corrected chi connectivity index (χ4v) is 8.55. The van der Waals surface area contributed by atoms with Crippen molar-refractivity contribution >= 4 is 24.7 Å². The van der Waals surface area contributed by atoms with Gasteiger partial charge in [-0.15, -0.1) is 0 Å². The van der Waals surface area contributed by atoms with Crippen molar-refractivity contribution in [3.63, 3.8) is 0 Å². The molecule has 156 valence electrons. The van der Waals surface area contributed by atoms with Crippen molar-refractivity contribution in [3.8, 4) is 0 Å². The van der Waals surface area contributed by atoms with Crippen LogP contribution in [-0.4, -0.2) is 26.0 Å². The maximum absolute atomic E-state index is 10.9. The predicted molar refractivity (Wildman–Crippen MR) is 123 cm³/mol. The molecule has 1 atom stereocenters. The Bertz CT molecular complexity index is 767. The van der Waals surface area contributed by atoms with Gasteiger partial charge in [-0.25, -0.2) is 4.79 Å². The Labute approximate surface area is 176 Å². The van der Waals surface area contributed by atoms with Gasteiger partial charge in [0.1, 0.15) is 0 Å². The van der Waals surface area contributed by atoms with Crippen LogP contribution in [0.4, 0.5) is 0 Å². The molecule has 0 saturated carbocycles. The highest BCUT2D eigenvalue weighted by atomic mass is 28.4. The molecule has 3 nitrogen and oxygen atoms in total. The van der Waals surface area contributed by atoms with Crippen molar-refractivity contribution < 1.29 is 14.3 Å². The Kier molecular flexibility index (Phi) is 8.00. The Morgan fingerprint density at radius 3 is 1.93 bits per heavy atom. The molecule has 0 amide bonds. The number of hydrogen-bond acceptors (Lipinski definition) is 2. The lowest BCUT2D eigenvalue weighted by Crippen LogP contribution is -2.66. The number of aliphatic carboxylic acids is 1. The number of benzene rings is 2. The lowest BCUT2D eigenvalue weighted by Gasteiger charge is -2.43. The largest absolute Gasteiger partial charge is 0.478 e. The van der Waals surface area contributed by atoms with E-state index in [0.29, 0.717) is 6.61 Å². The van der Waals surface area contributed by atoms with E-state index in [1.807, 2.05) is 6.92 Å². The second kappa shape index (κ2) is 10.0. The van der Waals surface area contributed by atoms with Crippen molar-refractivity contribution in [1.82, 2.24) is 0 Å². The summed E-state index contributed by atoms with van der Waals surface area (Å²) in [6.07, 6.45) is 3.12. The monoisotopic (exact) mass is 410 g/mol. The highest BCUT2D eigenvalue weighted by Gasteiger charge is 2.49. The minimum atomic E-state index is -2.48. The van der Waals surface area contributed by atoms with E-state index >= 15 is 0 Å². The number of carboxylic acid groups (broad SMARTS) is 1. The number of rotatable bonds is 9. The molecule has 2 aromatic rings. The van der Waals surface area contributed by atoms with E-state index in [0.717, 1.165) is 18.4 Å². The molecule has 0 aliphatic carbocycles. The number of carboxylic acids is 1. The van der Waals surface area contributed by atoms with Crippen LogP contribution in [0.3, 0.4) is 0 Å². The van der Waals surface area contributed by atoms with Crippen LogP contribution in [0.15, 0.2) is 72.3 Å². The van der Waals surface area contributed by atoms with Gasteiger partial charge in [0.05, 0.1) is 0 Å². The Morgan fingerprint density at radius 2 is 1.52 bits per heavy atom. The van der Waals surface area contributed by atoms with Crippen molar-refractivity contribution in [2.75, 3.05) is 6.61 Å². The minimum absolute atomic E-state index is 0.0273. The van der Waals surface area contributed by atoms with Gasteiger partial charge in [0.15, 0.2) is 0 Å². The van der Waals surface area contributed by atoms with Crippen LogP contribution in [0, 0.1) is 5.92 Å². The van der Waals surface area contributed by atoms with E-state index in [4.69, 9.17) is 9.53 Å². The van der Waals surface area contributed by atoms with Crippen molar-refractivity contribution in [2.24, 2.45) is 5.92 Å². The van der Waals surface area contributed by atoms with Gasteiger partial charge < -0.3 is 9.53 Å². The van der Waals surface area contributed by atoms with Gasteiger partial charge in [-0.3, -0.25) is 0 Å². The summed E-state index contributed by atoms with van der Waals surface area (Å²) in [6.45, 7) is 11.5. The van der Waals surface area contributed by atoms with Gasteiger partial charge in [0, 0.05) is 12.7 Å². The molecule has 0 aliphatic rings. The molecule has 0 aliphatic heterocycles. The van der Waals surface area contributed by atoms with Crippen LogP contribution < -0.4 is 10.4 Å². The number of allylic oxidation sites excluding steroid dienone is 1. The standard InChI is InChI=1S/C25H34O3Si/c1-20(21(2)19-24(26)27)13-12-18-28-29(25(3,4)5,22-14-8-6-9-15-22)23-16-10-7-11-17-23/h6-11,14-17,19-20H,12-13,18H2,1-5H3,(H,26,27)/b21-19+/t20-/m1/s1. The van der Waals surface area contributed by atoms with E-state index < -0.39 is 14.3 Å². The molecule has 2 rings (SSSR count). The van der Waals surface area contributed by atoms with Crippen LogP contribution in [0.5, 0.6) is 0 Å². The zero-order chi connectivity index (χ0) is 21.5. The topological polar surface area (TPSA) is 46.5 Å². The summed E-state index contributed by atoms with van der Waals surface area (Å²) >= 11 is 0. The summed E-state index contributed by atoms with van der Waals surface area (Å²) in [5, 5.41) is 11.5. The van der Waals surface area contributed by atoms with Crippen LogP contribution in [0.25, 0.3) is 0 Å². The third kappa shape index (κ3) is 5.68. The Morgan fingerprint density at radius 1 is 1.03 bits per heavy atom. The zero-order valence-electron chi connectivity index (χ0n) is 18.3. The molecule has 4 heteroatoms. The zero-order valence-corrected chi connectivity index (χ0v) is 19.3. The SMILES string of the molecule is C/C(=C\C(=O)O)[C@H](C)CCCO[Si](c1ccccc1)(c1ccccc1)C(C)(C)C. The average Bonchev–Trinajstić information content (AvgIpc) is 2.67. The second-order valence-electron chi connectivity index (χ2n) is 8.78. The van der Waals surface area contributed by atoms with Gasteiger partial charge >= 0.3 is 5.97 Å². The second-order valence-corrected chi connectivity index (χ2v) is 13.1. The van der Waals surface area contributed by atoms with Gasteiger partial charge in [0.25, 0.3) is 8.32 Å². The molecule has 29 heavy (non-hydrogen) atoms. The Hall–Kier alpha value is -2.17. The van der Waals surface area contributed by atoms with E-state index in [-0.39, 0.29) is 11.0 Å². The van der Waals surface area contributed by atoms with Crippen molar-refractivity contribution in [2.45, 2.75) is 52.5 Å². The van der Waals surface area contributed by atoms with E-state index in [2.05, 4.69) is 88.4 Å². The maximum Gasteiger partial charge on any atom is 0.328 e. The highest BCUT2D eigenvalue weighted by molar-refractivity contribution is 6.99. The first-order chi connectivity index (χ1) is 13.7. The summed E-state index contributed by atoms with van der Waals surface area (Å²) in [6, 6.07) is 21.3. The summed E-state index contributed by atoms with van der Waals surface area (Å²) in [5.41, 5.74) is 0.906. The molecule has 0 heterocycles. The molecule has 1 N–H and O–H groups in total.